The summed E-state index contributed by atoms with van der Waals surface area (Å²) in [6, 6.07) is 0. The van der Waals surface area contributed by atoms with E-state index in [0.717, 1.165) is 19.3 Å². The van der Waals surface area contributed by atoms with Gasteiger partial charge in [-0.25, -0.2) is 0 Å². The molecule has 1 rings (SSSR count). The summed E-state index contributed by atoms with van der Waals surface area (Å²) in [6.07, 6.45) is 10.9. The van der Waals surface area contributed by atoms with Crippen LogP contribution >= 0.6 is 0 Å². The molecule has 0 heterocycles. The fourth-order valence-corrected chi connectivity index (χ4v) is 2.26. The number of nitrogens with two attached hydrogens (primary N) is 1. The van der Waals surface area contributed by atoms with Gasteiger partial charge in [-0.3, -0.25) is 0 Å². The maximum Gasteiger partial charge on any atom is 0.0608 e. The SMILES string of the molecule is CCCCCCCCC(O)C1(CN)CC1. The van der Waals surface area contributed by atoms with E-state index in [4.69, 9.17) is 5.73 Å². The number of aliphatic hydroxyl groups excluding tert-OH is 1. The maximum atomic E-state index is 9.96. The monoisotopic (exact) mass is 213 g/mol. The molecule has 0 aliphatic heterocycles. The summed E-state index contributed by atoms with van der Waals surface area (Å²) in [5.74, 6) is 0. The van der Waals surface area contributed by atoms with Crippen molar-refractivity contribution in [1.29, 1.82) is 0 Å². The maximum absolute atomic E-state index is 9.96. The molecule has 0 amide bonds. The van der Waals surface area contributed by atoms with E-state index in [1.165, 1.54) is 38.5 Å². The lowest BCUT2D eigenvalue weighted by Gasteiger charge is -2.20. The van der Waals surface area contributed by atoms with E-state index in [9.17, 15) is 5.11 Å². The van der Waals surface area contributed by atoms with Crippen LogP contribution in [0, 0.1) is 5.41 Å². The first-order valence-corrected chi connectivity index (χ1v) is 6.63. The second kappa shape index (κ2) is 6.49. The van der Waals surface area contributed by atoms with Gasteiger partial charge in [-0.2, -0.15) is 0 Å². The average Bonchev–Trinajstić information content (AvgIpc) is 3.03. The van der Waals surface area contributed by atoms with Crippen LogP contribution in [0.1, 0.15) is 64.7 Å². The summed E-state index contributed by atoms with van der Waals surface area (Å²) >= 11 is 0. The Kier molecular flexibility index (Phi) is 5.62. The van der Waals surface area contributed by atoms with Crippen molar-refractivity contribution >= 4 is 0 Å². The summed E-state index contributed by atoms with van der Waals surface area (Å²) in [5.41, 5.74) is 5.81. The highest BCUT2D eigenvalue weighted by Crippen LogP contribution is 2.48. The molecule has 2 nitrogen and oxygen atoms in total. The minimum atomic E-state index is -0.131. The highest BCUT2D eigenvalue weighted by molar-refractivity contribution is 4.99. The van der Waals surface area contributed by atoms with Gasteiger partial charge in [-0.05, 0) is 19.3 Å². The molecule has 0 aromatic rings. The minimum Gasteiger partial charge on any atom is -0.393 e. The van der Waals surface area contributed by atoms with Crippen LogP contribution in [0.15, 0.2) is 0 Å². The largest absolute Gasteiger partial charge is 0.393 e. The molecule has 3 N–H and O–H groups in total. The fourth-order valence-electron chi connectivity index (χ4n) is 2.26. The number of rotatable bonds is 9. The first-order chi connectivity index (χ1) is 7.25. The summed E-state index contributed by atoms with van der Waals surface area (Å²) in [6.45, 7) is 2.91. The molecule has 0 spiro atoms. The number of unbranched alkanes of at least 4 members (excludes halogenated alkanes) is 5. The van der Waals surface area contributed by atoms with Crippen LogP contribution in [0.25, 0.3) is 0 Å². The Labute approximate surface area is 94.2 Å². The predicted molar refractivity (Wildman–Crippen MR) is 64.7 cm³/mol. The van der Waals surface area contributed by atoms with Crippen LogP contribution in [-0.2, 0) is 0 Å². The van der Waals surface area contributed by atoms with Gasteiger partial charge in [0, 0.05) is 12.0 Å². The van der Waals surface area contributed by atoms with Crippen molar-refractivity contribution in [3.63, 3.8) is 0 Å². The van der Waals surface area contributed by atoms with Crippen LogP contribution in [0.3, 0.4) is 0 Å². The van der Waals surface area contributed by atoms with Gasteiger partial charge in [-0.15, -0.1) is 0 Å². The van der Waals surface area contributed by atoms with Crippen LogP contribution in [0.2, 0.25) is 0 Å². The van der Waals surface area contributed by atoms with Crippen LogP contribution in [0.5, 0.6) is 0 Å². The van der Waals surface area contributed by atoms with Gasteiger partial charge in [0.25, 0.3) is 0 Å². The minimum absolute atomic E-state index is 0.128. The summed E-state index contributed by atoms with van der Waals surface area (Å²) in [7, 11) is 0. The van der Waals surface area contributed by atoms with Crippen LogP contribution < -0.4 is 5.73 Å². The molecule has 1 unspecified atom stereocenters. The highest BCUT2D eigenvalue weighted by atomic mass is 16.3. The van der Waals surface area contributed by atoms with Crippen LogP contribution in [0.4, 0.5) is 0 Å². The van der Waals surface area contributed by atoms with Gasteiger partial charge in [0.1, 0.15) is 0 Å². The third-order valence-electron chi connectivity index (χ3n) is 3.84. The Bertz CT molecular complexity index is 166. The van der Waals surface area contributed by atoms with Crippen molar-refractivity contribution < 1.29 is 5.11 Å². The van der Waals surface area contributed by atoms with Gasteiger partial charge in [0.15, 0.2) is 0 Å². The van der Waals surface area contributed by atoms with E-state index >= 15 is 0 Å². The molecule has 0 aromatic carbocycles. The Hall–Kier alpha value is -0.0800. The second-order valence-corrected chi connectivity index (χ2v) is 5.14. The topological polar surface area (TPSA) is 46.2 Å². The molecule has 1 aliphatic rings. The Morgan fingerprint density at radius 2 is 1.73 bits per heavy atom. The van der Waals surface area contributed by atoms with Crippen LogP contribution in [-0.4, -0.2) is 17.8 Å². The average molecular weight is 213 g/mol. The highest BCUT2D eigenvalue weighted by Gasteiger charge is 2.46. The number of hydrogen-bond acceptors (Lipinski definition) is 2. The van der Waals surface area contributed by atoms with E-state index in [-0.39, 0.29) is 11.5 Å². The predicted octanol–water partition coefficient (Wildman–Crippen LogP) is 2.84. The third-order valence-corrected chi connectivity index (χ3v) is 3.84. The summed E-state index contributed by atoms with van der Waals surface area (Å²) < 4.78 is 0. The lowest BCUT2D eigenvalue weighted by Crippen LogP contribution is -2.29. The second-order valence-electron chi connectivity index (χ2n) is 5.14. The first kappa shape index (κ1) is 13.0. The molecule has 1 fully saturated rings. The van der Waals surface area contributed by atoms with E-state index in [0.29, 0.717) is 6.54 Å². The molecule has 1 aliphatic carbocycles. The quantitative estimate of drug-likeness (QED) is 0.579. The molecule has 1 saturated carbocycles. The summed E-state index contributed by atoms with van der Waals surface area (Å²) in [5, 5.41) is 9.96. The third kappa shape index (κ3) is 4.12. The van der Waals surface area contributed by atoms with Gasteiger partial charge >= 0.3 is 0 Å². The molecule has 15 heavy (non-hydrogen) atoms. The smallest absolute Gasteiger partial charge is 0.0608 e. The zero-order valence-corrected chi connectivity index (χ0v) is 10.2. The molecular weight excluding hydrogens is 186 g/mol. The molecule has 0 bridgehead atoms. The van der Waals surface area contributed by atoms with Crippen molar-refractivity contribution in [3.05, 3.63) is 0 Å². The fraction of sp³-hybridized carbons (Fsp3) is 1.00. The van der Waals surface area contributed by atoms with Crippen molar-refractivity contribution in [2.75, 3.05) is 6.54 Å². The lowest BCUT2D eigenvalue weighted by atomic mass is 9.94. The van der Waals surface area contributed by atoms with Crippen molar-refractivity contribution in [3.8, 4) is 0 Å². The van der Waals surface area contributed by atoms with Gasteiger partial charge in [0.2, 0.25) is 0 Å². The Balaban J connectivity index is 1.95. The van der Waals surface area contributed by atoms with Crippen molar-refractivity contribution in [1.82, 2.24) is 0 Å². The zero-order valence-electron chi connectivity index (χ0n) is 10.2. The van der Waals surface area contributed by atoms with E-state index in [1.807, 2.05) is 0 Å². The standard InChI is InChI=1S/C13H27NO/c1-2-3-4-5-6-7-8-12(15)13(11-14)9-10-13/h12,15H,2-11,14H2,1H3. The molecule has 0 saturated heterocycles. The van der Waals surface area contributed by atoms with Crippen molar-refractivity contribution in [2.45, 2.75) is 70.8 Å². The molecule has 0 aromatic heterocycles. The molecule has 0 radical (unpaired) electrons. The molecule has 1 atom stereocenters. The molecular formula is C13H27NO. The zero-order chi connectivity index (χ0) is 11.1. The first-order valence-electron chi connectivity index (χ1n) is 6.63. The number of hydrogen-bond donors (Lipinski definition) is 2. The Morgan fingerprint density at radius 3 is 2.27 bits per heavy atom. The van der Waals surface area contributed by atoms with Gasteiger partial charge in [0.05, 0.1) is 6.10 Å². The van der Waals surface area contributed by atoms with E-state index in [2.05, 4.69) is 6.92 Å². The number of aliphatic hydroxyl groups is 1. The molecule has 2 heteroatoms. The van der Waals surface area contributed by atoms with Gasteiger partial charge < -0.3 is 10.8 Å². The molecule has 90 valence electrons. The van der Waals surface area contributed by atoms with Gasteiger partial charge in [-0.1, -0.05) is 45.4 Å². The van der Waals surface area contributed by atoms with E-state index in [1.54, 1.807) is 0 Å². The normalized spacial score (nSPS) is 20.2. The van der Waals surface area contributed by atoms with E-state index < -0.39 is 0 Å². The van der Waals surface area contributed by atoms with Crippen molar-refractivity contribution in [2.24, 2.45) is 11.1 Å². The summed E-state index contributed by atoms with van der Waals surface area (Å²) in [4.78, 5) is 0. The lowest BCUT2D eigenvalue weighted by molar-refractivity contribution is 0.0858. The Morgan fingerprint density at radius 1 is 1.13 bits per heavy atom.